The quantitative estimate of drug-likeness (QED) is 0.552. The lowest BCUT2D eigenvalue weighted by atomic mass is 10.2. The Bertz CT molecular complexity index is 505. The third kappa shape index (κ3) is 1.71. The minimum Gasteiger partial charge on any atom is -0.258 e. The first-order valence-electron chi connectivity index (χ1n) is 4.29. The first-order valence-corrected chi connectivity index (χ1v) is 4.29. The second-order valence-corrected chi connectivity index (χ2v) is 3.03. The van der Waals surface area contributed by atoms with Gasteiger partial charge in [-0.15, -0.1) is 0 Å². The molecule has 2 rings (SSSR count). The van der Waals surface area contributed by atoms with E-state index < -0.39 is 4.92 Å². The monoisotopic (exact) mass is 202 g/mol. The Labute approximate surface area is 86.1 Å². The highest BCUT2D eigenvalue weighted by atomic mass is 16.6. The summed E-state index contributed by atoms with van der Waals surface area (Å²) in [5, 5.41) is 14.4. The summed E-state index contributed by atoms with van der Waals surface area (Å²) >= 11 is 0. The Morgan fingerprint density at radius 3 is 2.73 bits per heavy atom. The Kier molecular flexibility index (Phi) is 2.21. The molecule has 0 aliphatic carbocycles. The Balaban J connectivity index is 2.46. The maximum atomic E-state index is 10.5. The van der Waals surface area contributed by atoms with Crippen molar-refractivity contribution in [3.63, 3.8) is 0 Å². The molecule has 0 aliphatic rings. The van der Waals surface area contributed by atoms with Crippen molar-refractivity contribution >= 4 is 5.69 Å². The van der Waals surface area contributed by atoms with E-state index in [2.05, 4.69) is 12.0 Å². The van der Waals surface area contributed by atoms with Crippen LogP contribution in [0.1, 0.15) is 5.56 Å². The van der Waals surface area contributed by atoms with E-state index in [1.54, 1.807) is 6.07 Å². The van der Waals surface area contributed by atoms with Crippen molar-refractivity contribution in [1.29, 1.82) is 0 Å². The molecule has 0 atom stereocenters. The summed E-state index contributed by atoms with van der Waals surface area (Å²) < 4.78 is 1.44. The average molecular weight is 202 g/mol. The molecular formula is C10H8N3O2. The van der Waals surface area contributed by atoms with E-state index >= 15 is 0 Å². The van der Waals surface area contributed by atoms with Crippen molar-refractivity contribution in [3.8, 4) is 5.69 Å². The van der Waals surface area contributed by atoms with Crippen molar-refractivity contribution < 1.29 is 4.92 Å². The Hall–Kier alpha value is -2.17. The fourth-order valence-electron chi connectivity index (χ4n) is 1.27. The van der Waals surface area contributed by atoms with Crippen molar-refractivity contribution in [2.45, 2.75) is 0 Å². The zero-order valence-corrected chi connectivity index (χ0v) is 7.83. The summed E-state index contributed by atoms with van der Waals surface area (Å²) in [6.45, 7) is 3.82. The number of aromatic nitrogens is 2. The van der Waals surface area contributed by atoms with Crippen LogP contribution in [0.5, 0.6) is 0 Å². The molecule has 0 saturated heterocycles. The van der Waals surface area contributed by atoms with Crippen molar-refractivity contribution in [2.75, 3.05) is 0 Å². The number of rotatable bonds is 2. The van der Waals surface area contributed by atoms with Gasteiger partial charge in [-0.1, -0.05) is 18.2 Å². The molecule has 0 N–H and O–H groups in total. The highest BCUT2D eigenvalue weighted by Crippen LogP contribution is 2.16. The van der Waals surface area contributed by atoms with E-state index in [0.29, 0.717) is 0 Å². The van der Waals surface area contributed by atoms with Crippen LogP contribution in [0, 0.1) is 17.0 Å². The smallest absolute Gasteiger partial charge is 0.258 e. The highest BCUT2D eigenvalue weighted by molar-refractivity contribution is 5.43. The Morgan fingerprint density at radius 2 is 2.13 bits per heavy atom. The van der Waals surface area contributed by atoms with Crippen molar-refractivity contribution in [2.24, 2.45) is 0 Å². The van der Waals surface area contributed by atoms with Gasteiger partial charge < -0.3 is 0 Å². The zero-order chi connectivity index (χ0) is 10.8. The third-order valence-electron chi connectivity index (χ3n) is 2.02. The topological polar surface area (TPSA) is 61.0 Å². The minimum atomic E-state index is -0.477. The van der Waals surface area contributed by atoms with E-state index in [4.69, 9.17) is 0 Å². The summed E-state index contributed by atoms with van der Waals surface area (Å²) in [6.07, 6.45) is 2.58. The number of benzene rings is 1. The van der Waals surface area contributed by atoms with E-state index in [0.717, 1.165) is 11.3 Å². The standard InChI is InChI=1S/C10H8N3O2/c1-8-4-2-3-5-10(8)12-7-9(6-11-12)13(14)15/h2-7H,1H2. The fraction of sp³-hybridized carbons (Fsp3) is 0. The molecule has 0 bridgehead atoms. The summed E-state index contributed by atoms with van der Waals surface area (Å²) in [5.41, 5.74) is 1.49. The lowest BCUT2D eigenvalue weighted by Crippen LogP contribution is -1.96. The number of nitrogens with zero attached hydrogens (tertiary/aromatic N) is 3. The SMILES string of the molecule is [CH2]c1ccccc1-n1cc([N+](=O)[O-])cn1. The molecular weight excluding hydrogens is 194 g/mol. The van der Waals surface area contributed by atoms with Crippen molar-refractivity contribution in [3.05, 3.63) is 59.3 Å². The molecule has 1 heterocycles. The summed E-state index contributed by atoms with van der Waals surface area (Å²) in [7, 11) is 0. The van der Waals surface area contributed by atoms with Crippen LogP contribution in [0.3, 0.4) is 0 Å². The first-order chi connectivity index (χ1) is 7.18. The number of para-hydroxylation sites is 1. The van der Waals surface area contributed by atoms with E-state index in [-0.39, 0.29) is 5.69 Å². The van der Waals surface area contributed by atoms with E-state index in [1.807, 2.05) is 18.2 Å². The second kappa shape index (κ2) is 3.53. The predicted octanol–water partition coefficient (Wildman–Crippen LogP) is 1.96. The molecule has 0 saturated carbocycles. The van der Waals surface area contributed by atoms with Gasteiger partial charge in [-0.25, -0.2) is 4.68 Å². The normalized spacial score (nSPS) is 10.2. The Morgan fingerprint density at radius 1 is 1.40 bits per heavy atom. The maximum absolute atomic E-state index is 10.5. The molecule has 0 fully saturated rings. The lowest BCUT2D eigenvalue weighted by Gasteiger charge is -2.03. The number of hydrogen-bond acceptors (Lipinski definition) is 3. The van der Waals surface area contributed by atoms with E-state index in [9.17, 15) is 10.1 Å². The van der Waals surface area contributed by atoms with Crippen LogP contribution in [0.15, 0.2) is 36.7 Å². The summed E-state index contributed by atoms with van der Waals surface area (Å²) in [6, 6.07) is 7.31. The molecule has 5 heteroatoms. The predicted molar refractivity (Wildman–Crippen MR) is 54.7 cm³/mol. The molecule has 0 amide bonds. The zero-order valence-electron chi connectivity index (χ0n) is 7.83. The van der Waals surface area contributed by atoms with Crippen LogP contribution in [-0.2, 0) is 0 Å². The molecule has 1 aromatic carbocycles. The van der Waals surface area contributed by atoms with Gasteiger partial charge >= 0.3 is 5.69 Å². The summed E-state index contributed by atoms with van der Waals surface area (Å²) in [5.74, 6) is 0. The molecule has 5 nitrogen and oxygen atoms in total. The van der Waals surface area contributed by atoms with Crippen LogP contribution >= 0.6 is 0 Å². The molecule has 0 unspecified atom stereocenters. The molecule has 0 aliphatic heterocycles. The summed E-state index contributed by atoms with van der Waals surface area (Å²) in [4.78, 5) is 9.99. The number of nitro groups is 1. The third-order valence-corrected chi connectivity index (χ3v) is 2.02. The fourth-order valence-corrected chi connectivity index (χ4v) is 1.27. The second-order valence-electron chi connectivity index (χ2n) is 3.03. The van der Waals surface area contributed by atoms with Gasteiger partial charge in [0.25, 0.3) is 0 Å². The van der Waals surface area contributed by atoms with Crippen molar-refractivity contribution in [1.82, 2.24) is 9.78 Å². The molecule has 15 heavy (non-hydrogen) atoms. The van der Waals surface area contributed by atoms with Gasteiger partial charge in [0.15, 0.2) is 0 Å². The molecule has 1 radical (unpaired) electrons. The largest absolute Gasteiger partial charge is 0.307 e. The van der Waals surface area contributed by atoms with Gasteiger partial charge in [-0.3, -0.25) is 10.1 Å². The first kappa shape index (κ1) is 9.39. The highest BCUT2D eigenvalue weighted by Gasteiger charge is 2.10. The van der Waals surface area contributed by atoms with Gasteiger partial charge in [0, 0.05) is 0 Å². The molecule has 1 aromatic heterocycles. The van der Waals surface area contributed by atoms with E-state index in [1.165, 1.54) is 17.1 Å². The molecule has 2 aromatic rings. The van der Waals surface area contributed by atoms with Crippen LogP contribution in [0.2, 0.25) is 0 Å². The molecule has 75 valence electrons. The van der Waals surface area contributed by atoms with Crippen LogP contribution in [-0.4, -0.2) is 14.7 Å². The minimum absolute atomic E-state index is 0.0294. The van der Waals surface area contributed by atoms with Gasteiger partial charge in [0.1, 0.15) is 12.4 Å². The molecule has 0 spiro atoms. The maximum Gasteiger partial charge on any atom is 0.307 e. The van der Waals surface area contributed by atoms with Crippen LogP contribution < -0.4 is 0 Å². The van der Waals surface area contributed by atoms with Gasteiger partial charge in [0.2, 0.25) is 0 Å². The van der Waals surface area contributed by atoms with Gasteiger partial charge in [-0.05, 0) is 18.6 Å². The lowest BCUT2D eigenvalue weighted by molar-refractivity contribution is -0.384. The average Bonchev–Trinajstić information content (AvgIpc) is 2.67. The van der Waals surface area contributed by atoms with Gasteiger partial charge in [0.05, 0.1) is 10.6 Å². The van der Waals surface area contributed by atoms with Crippen LogP contribution in [0.25, 0.3) is 5.69 Å². The van der Waals surface area contributed by atoms with Crippen LogP contribution in [0.4, 0.5) is 5.69 Å². The van der Waals surface area contributed by atoms with Gasteiger partial charge in [-0.2, -0.15) is 5.10 Å². The number of hydrogen-bond donors (Lipinski definition) is 0.